The molecule has 0 saturated heterocycles. The van der Waals surface area contributed by atoms with E-state index in [1.807, 2.05) is 0 Å². The minimum absolute atomic E-state index is 0.0351. The fraction of sp³-hybridized carbons (Fsp3) is 0.308. The van der Waals surface area contributed by atoms with Crippen LogP contribution in [0.3, 0.4) is 0 Å². The Balaban J connectivity index is 1.46. The first-order valence-corrected chi connectivity index (χ1v) is 13.9. The molecule has 39 heavy (non-hydrogen) atoms. The summed E-state index contributed by atoms with van der Waals surface area (Å²) >= 11 is 2.95. The number of furan rings is 1. The van der Waals surface area contributed by atoms with Crippen LogP contribution in [0.4, 0.5) is 10.8 Å². The van der Waals surface area contributed by atoms with Crippen molar-refractivity contribution in [1.82, 2.24) is 10.2 Å². The van der Waals surface area contributed by atoms with E-state index in [1.54, 1.807) is 28.8 Å². The van der Waals surface area contributed by atoms with Crippen molar-refractivity contribution in [3.8, 4) is 11.8 Å². The molecule has 2 aromatic heterocycles. The van der Waals surface area contributed by atoms with Gasteiger partial charge in [-0.05, 0) is 37.1 Å². The number of nitro benzene ring substituents is 1. The smallest absolute Gasteiger partial charge is 0.269 e. The highest BCUT2D eigenvalue weighted by molar-refractivity contribution is 8.01. The monoisotopic (exact) mass is 564 g/mol. The largest absolute Gasteiger partial charge is 0.486 e. The molecule has 1 aromatic carbocycles. The highest BCUT2D eigenvalue weighted by Crippen LogP contribution is 2.47. The summed E-state index contributed by atoms with van der Waals surface area (Å²) in [5, 5.41) is 30.5. The molecule has 1 atom stereocenters. The van der Waals surface area contributed by atoms with Crippen molar-refractivity contribution in [2.24, 2.45) is 5.73 Å². The molecule has 0 saturated carbocycles. The van der Waals surface area contributed by atoms with Gasteiger partial charge >= 0.3 is 0 Å². The van der Waals surface area contributed by atoms with Gasteiger partial charge in [-0.25, -0.2) is 0 Å². The Morgan fingerprint density at radius 2 is 2.05 bits per heavy atom. The molecule has 1 aliphatic carbocycles. The van der Waals surface area contributed by atoms with Crippen molar-refractivity contribution in [2.75, 3.05) is 4.90 Å². The predicted octanol–water partition coefficient (Wildman–Crippen LogP) is 5.42. The van der Waals surface area contributed by atoms with Gasteiger partial charge in [0.15, 0.2) is 10.1 Å². The molecule has 0 spiro atoms. The van der Waals surface area contributed by atoms with E-state index in [-0.39, 0.29) is 29.5 Å². The standard InChI is InChI=1S/C26H24N6O5S2/c1-14(2)38-26-30-29-25(39-26)31-19-4-3-5-20(33)23(19)22(18(12-27)24(31)28)21-11-10-17(37-21)13-36-16-8-6-15(7-9-16)32(34)35/h6-11,14,22H,3-5,13,28H2,1-2H3/t22-/m1/s1. The molecule has 0 unspecified atom stereocenters. The van der Waals surface area contributed by atoms with Gasteiger partial charge in [0.05, 0.1) is 22.5 Å². The van der Waals surface area contributed by atoms with Crippen molar-refractivity contribution < 1.29 is 18.9 Å². The lowest BCUT2D eigenvalue weighted by Gasteiger charge is -2.37. The SMILES string of the molecule is CC(C)Sc1nnc(N2C(N)=C(C#N)[C@H](c3ccc(COc4ccc([N+](=O)[O-])cc4)o3)C3=C2CCCC3=O)s1. The maximum absolute atomic E-state index is 13.3. The Bertz CT molecular complexity index is 1530. The average molecular weight is 565 g/mol. The Labute approximate surface area is 232 Å². The molecule has 200 valence electrons. The number of nitrogens with zero attached hydrogens (tertiary/aromatic N) is 5. The molecule has 13 heteroatoms. The third-order valence-corrected chi connectivity index (χ3v) is 8.23. The molecule has 11 nitrogen and oxygen atoms in total. The minimum Gasteiger partial charge on any atom is -0.486 e. The molecule has 0 bridgehead atoms. The molecule has 2 N–H and O–H groups in total. The van der Waals surface area contributed by atoms with Gasteiger partial charge in [0.25, 0.3) is 5.69 Å². The predicted molar refractivity (Wildman–Crippen MR) is 145 cm³/mol. The van der Waals surface area contributed by atoms with Crippen LogP contribution in [0.5, 0.6) is 5.75 Å². The van der Waals surface area contributed by atoms with E-state index in [0.29, 0.717) is 58.2 Å². The maximum atomic E-state index is 13.3. The van der Waals surface area contributed by atoms with Crippen LogP contribution in [-0.2, 0) is 11.4 Å². The molecule has 0 radical (unpaired) electrons. The second-order valence-electron chi connectivity index (χ2n) is 9.18. The van der Waals surface area contributed by atoms with E-state index >= 15 is 0 Å². The summed E-state index contributed by atoms with van der Waals surface area (Å²) in [7, 11) is 0. The molecular formula is C26H24N6O5S2. The molecule has 2 aliphatic rings. The van der Waals surface area contributed by atoms with E-state index in [0.717, 1.165) is 4.34 Å². The summed E-state index contributed by atoms with van der Waals surface area (Å²) in [4.78, 5) is 25.4. The van der Waals surface area contributed by atoms with Crippen molar-refractivity contribution in [1.29, 1.82) is 5.26 Å². The van der Waals surface area contributed by atoms with Crippen LogP contribution in [-0.4, -0.2) is 26.2 Å². The number of carbonyl (C=O) groups is 1. The van der Waals surface area contributed by atoms with Crippen LogP contribution < -0.4 is 15.4 Å². The van der Waals surface area contributed by atoms with Crippen molar-refractivity contribution in [3.05, 3.63) is 80.7 Å². The Kier molecular flexibility index (Phi) is 7.40. The van der Waals surface area contributed by atoms with Crippen molar-refractivity contribution >= 4 is 39.7 Å². The number of Topliss-reactive ketones (excluding diaryl/α,β-unsaturated/α-hetero) is 1. The normalized spacial score (nSPS) is 17.4. The zero-order valence-corrected chi connectivity index (χ0v) is 22.8. The van der Waals surface area contributed by atoms with Gasteiger partial charge in [-0.15, -0.1) is 10.2 Å². The molecule has 1 aliphatic heterocycles. The van der Waals surface area contributed by atoms with Gasteiger partial charge in [-0.2, -0.15) is 5.26 Å². The van der Waals surface area contributed by atoms with E-state index < -0.39 is 10.8 Å². The lowest BCUT2D eigenvalue weighted by Crippen LogP contribution is -2.38. The Morgan fingerprint density at radius 3 is 2.74 bits per heavy atom. The number of nitro groups is 1. The maximum Gasteiger partial charge on any atom is 0.269 e. The first kappa shape index (κ1) is 26.5. The number of thioether (sulfide) groups is 1. The topological polar surface area (TPSA) is 161 Å². The fourth-order valence-electron chi connectivity index (χ4n) is 4.58. The van der Waals surface area contributed by atoms with Crippen molar-refractivity contribution in [2.45, 2.75) is 55.2 Å². The summed E-state index contributed by atoms with van der Waals surface area (Å²) in [5.41, 5.74) is 7.95. The van der Waals surface area contributed by atoms with Gasteiger partial charge < -0.3 is 14.9 Å². The number of rotatable bonds is 8. The van der Waals surface area contributed by atoms with Crippen molar-refractivity contribution in [3.63, 3.8) is 0 Å². The van der Waals surface area contributed by atoms with Gasteiger partial charge in [0, 0.05) is 35.1 Å². The fourth-order valence-corrected chi connectivity index (χ4v) is 6.68. The van der Waals surface area contributed by atoms with E-state index in [9.17, 15) is 20.2 Å². The number of hydrogen-bond donors (Lipinski definition) is 1. The summed E-state index contributed by atoms with van der Waals surface area (Å²) in [6.45, 7) is 4.18. The summed E-state index contributed by atoms with van der Waals surface area (Å²) in [6.07, 6.45) is 1.62. The average Bonchev–Trinajstić information content (AvgIpc) is 3.56. The highest BCUT2D eigenvalue weighted by Gasteiger charge is 2.42. The summed E-state index contributed by atoms with van der Waals surface area (Å²) in [6, 6.07) is 11.4. The van der Waals surface area contributed by atoms with Crippen LogP contribution in [0.25, 0.3) is 0 Å². The van der Waals surface area contributed by atoms with Crippen LogP contribution in [0.2, 0.25) is 0 Å². The van der Waals surface area contributed by atoms with E-state index in [4.69, 9.17) is 14.9 Å². The molecule has 3 aromatic rings. The number of non-ortho nitro benzene ring substituents is 1. The number of ketones is 1. The molecule has 0 fully saturated rings. The Hall–Kier alpha value is -4.15. The van der Waals surface area contributed by atoms with Gasteiger partial charge in [0.2, 0.25) is 5.13 Å². The second kappa shape index (κ2) is 10.9. The summed E-state index contributed by atoms with van der Waals surface area (Å²) < 4.78 is 12.6. The van der Waals surface area contributed by atoms with Crippen LogP contribution in [0, 0.1) is 21.4 Å². The number of aromatic nitrogens is 2. The number of nitriles is 1. The quantitative estimate of drug-likeness (QED) is 0.211. The minimum atomic E-state index is -0.750. The number of allylic oxidation sites excluding steroid dienone is 3. The molecule has 5 rings (SSSR count). The molecular weight excluding hydrogens is 540 g/mol. The zero-order chi connectivity index (χ0) is 27.7. The first-order valence-electron chi connectivity index (χ1n) is 12.2. The number of hydrogen-bond acceptors (Lipinski definition) is 12. The number of carbonyl (C=O) groups excluding carboxylic acids is 1. The van der Waals surface area contributed by atoms with Gasteiger partial charge in [-0.3, -0.25) is 19.8 Å². The molecule has 3 heterocycles. The van der Waals surface area contributed by atoms with Gasteiger partial charge in [0.1, 0.15) is 29.7 Å². The third kappa shape index (κ3) is 5.25. The lowest BCUT2D eigenvalue weighted by atomic mass is 9.78. The third-order valence-electron chi connectivity index (χ3n) is 6.23. The Morgan fingerprint density at radius 1 is 1.28 bits per heavy atom. The summed E-state index contributed by atoms with van der Waals surface area (Å²) in [5.74, 6) is 0.702. The second-order valence-corrected chi connectivity index (χ2v) is 12.0. The van der Waals surface area contributed by atoms with Crippen LogP contribution in [0.1, 0.15) is 50.5 Å². The molecule has 0 amide bonds. The van der Waals surface area contributed by atoms with E-state index in [1.165, 1.54) is 35.6 Å². The number of nitrogens with two attached hydrogens (primary N) is 1. The highest BCUT2D eigenvalue weighted by atomic mass is 32.2. The number of anilines is 1. The number of benzene rings is 1. The van der Waals surface area contributed by atoms with Gasteiger partial charge in [-0.1, -0.05) is 36.9 Å². The van der Waals surface area contributed by atoms with Crippen LogP contribution in [0.15, 0.2) is 67.8 Å². The number of ether oxygens (including phenoxy) is 1. The van der Waals surface area contributed by atoms with E-state index in [2.05, 4.69) is 30.1 Å². The first-order chi connectivity index (χ1) is 18.8. The zero-order valence-electron chi connectivity index (χ0n) is 21.1. The van der Waals surface area contributed by atoms with Crippen LogP contribution >= 0.6 is 23.1 Å². The lowest BCUT2D eigenvalue weighted by molar-refractivity contribution is -0.384.